The fourth-order valence-electron chi connectivity index (χ4n) is 1.58. The zero-order valence-electron chi connectivity index (χ0n) is 10.6. The monoisotopic (exact) mass is 219 g/mol. The lowest BCUT2D eigenvalue weighted by molar-refractivity contribution is -0.120. The molecule has 0 aromatic heterocycles. The van der Waals surface area contributed by atoms with Crippen molar-refractivity contribution in [3.8, 4) is 0 Å². The van der Waals surface area contributed by atoms with Crippen molar-refractivity contribution in [2.45, 2.75) is 46.1 Å². The molecule has 0 fully saturated rings. The maximum absolute atomic E-state index is 11.5. The van der Waals surface area contributed by atoms with Gasteiger partial charge in [0, 0.05) is 6.04 Å². The highest BCUT2D eigenvalue weighted by atomic mass is 16.1. The number of carbonyl (C=O) groups is 1. The number of nitrogens with one attached hydrogen (secondary N) is 1. The van der Waals surface area contributed by atoms with Crippen molar-refractivity contribution in [2.24, 2.45) is 0 Å². The highest BCUT2D eigenvalue weighted by Gasteiger charge is 2.05. The maximum atomic E-state index is 11.5. The van der Waals surface area contributed by atoms with Crippen LogP contribution >= 0.6 is 0 Å². The Morgan fingerprint density at radius 2 is 1.69 bits per heavy atom. The number of carbonyl (C=O) groups excluding carboxylic acids is 1. The molecule has 1 aromatic carbocycles. The first-order valence-corrected chi connectivity index (χ1v) is 5.87. The molecule has 0 spiro atoms. The molecular weight excluding hydrogens is 198 g/mol. The fraction of sp³-hybridized carbons (Fsp3) is 0.500. The average Bonchev–Trinajstić information content (AvgIpc) is 2.16. The van der Waals surface area contributed by atoms with Gasteiger partial charge in [0.1, 0.15) is 0 Å². The largest absolute Gasteiger partial charge is 0.354 e. The Kier molecular flexibility index (Phi) is 4.53. The summed E-state index contributed by atoms with van der Waals surface area (Å²) in [5, 5.41) is 2.89. The van der Waals surface area contributed by atoms with E-state index in [9.17, 15) is 4.79 Å². The van der Waals surface area contributed by atoms with Crippen LogP contribution in [0, 0.1) is 0 Å². The zero-order chi connectivity index (χ0) is 12.1. The SMILES string of the molecule is CC(C)NC(=O)Cc1ccc(C(C)C)cc1. The van der Waals surface area contributed by atoms with Crippen LogP contribution in [-0.4, -0.2) is 11.9 Å². The van der Waals surface area contributed by atoms with Crippen LogP contribution in [0.15, 0.2) is 24.3 Å². The van der Waals surface area contributed by atoms with Crippen LogP contribution in [0.3, 0.4) is 0 Å². The van der Waals surface area contributed by atoms with E-state index in [0.717, 1.165) is 5.56 Å². The molecule has 1 N–H and O–H groups in total. The lowest BCUT2D eigenvalue weighted by Gasteiger charge is -2.09. The topological polar surface area (TPSA) is 29.1 Å². The molecule has 2 heteroatoms. The normalized spacial score (nSPS) is 10.9. The van der Waals surface area contributed by atoms with E-state index >= 15 is 0 Å². The summed E-state index contributed by atoms with van der Waals surface area (Å²) in [4.78, 5) is 11.5. The Bertz CT molecular complexity index is 338. The molecule has 1 rings (SSSR count). The van der Waals surface area contributed by atoms with E-state index in [1.807, 2.05) is 26.0 Å². The summed E-state index contributed by atoms with van der Waals surface area (Å²) in [7, 11) is 0. The minimum absolute atomic E-state index is 0.0901. The Labute approximate surface area is 98.1 Å². The van der Waals surface area contributed by atoms with Crippen molar-refractivity contribution in [1.82, 2.24) is 5.32 Å². The molecule has 0 aliphatic rings. The summed E-state index contributed by atoms with van der Waals surface area (Å²) in [6, 6.07) is 8.48. The average molecular weight is 219 g/mol. The van der Waals surface area contributed by atoms with E-state index in [4.69, 9.17) is 0 Å². The number of benzene rings is 1. The molecule has 0 bridgehead atoms. The summed E-state index contributed by atoms with van der Waals surface area (Å²) in [6.07, 6.45) is 0.469. The maximum Gasteiger partial charge on any atom is 0.224 e. The highest BCUT2D eigenvalue weighted by Crippen LogP contribution is 2.14. The third kappa shape index (κ3) is 4.05. The molecule has 88 valence electrons. The van der Waals surface area contributed by atoms with Gasteiger partial charge in [-0.2, -0.15) is 0 Å². The van der Waals surface area contributed by atoms with Crippen molar-refractivity contribution in [3.05, 3.63) is 35.4 Å². The number of rotatable bonds is 4. The van der Waals surface area contributed by atoms with Gasteiger partial charge in [0.05, 0.1) is 6.42 Å². The van der Waals surface area contributed by atoms with Gasteiger partial charge in [0.2, 0.25) is 5.91 Å². The zero-order valence-corrected chi connectivity index (χ0v) is 10.6. The van der Waals surface area contributed by atoms with E-state index in [0.29, 0.717) is 12.3 Å². The number of hydrogen-bond donors (Lipinski definition) is 1. The second kappa shape index (κ2) is 5.69. The van der Waals surface area contributed by atoms with Gasteiger partial charge >= 0.3 is 0 Å². The van der Waals surface area contributed by atoms with Crippen molar-refractivity contribution in [2.75, 3.05) is 0 Å². The summed E-state index contributed by atoms with van der Waals surface area (Å²) in [5.74, 6) is 0.630. The molecule has 0 saturated carbocycles. The van der Waals surface area contributed by atoms with Crippen molar-refractivity contribution >= 4 is 5.91 Å². The third-order valence-corrected chi connectivity index (χ3v) is 2.46. The Morgan fingerprint density at radius 1 is 1.12 bits per heavy atom. The van der Waals surface area contributed by atoms with E-state index in [1.54, 1.807) is 0 Å². The van der Waals surface area contributed by atoms with Crippen molar-refractivity contribution in [3.63, 3.8) is 0 Å². The minimum Gasteiger partial charge on any atom is -0.354 e. The summed E-state index contributed by atoms with van der Waals surface area (Å²) in [6.45, 7) is 8.28. The molecule has 0 heterocycles. The molecule has 1 aromatic rings. The van der Waals surface area contributed by atoms with E-state index in [1.165, 1.54) is 5.56 Å². The molecule has 0 saturated heterocycles. The van der Waals surface area contributed by atoms with Crippen LogP contribution in [0.1, 0.15) is 44.7 Å². The highest BCUT2D eigenvalue weighted by molar-refractivity contribution is 5.78. The lowest BCUT2D eigenvalue weighted by Crippen LogP contribution is -2.31. The van der Waals surface area contributed by atoms with Crippen LogP contribution in [0.2, 0.25) is 0 Å². The van der Waals surface area contributed by atoms with Crippen molar-refractivity contribution in [1.29, 1.82) is 0 Å². The Hall–Kier alpha value is -1.31. The second-order valence-corrected chi connectivity index (χ2v) is 4.80. The van der Waals surface area contributed by atoms with Crippen LogP contribution in [-0.2, 0) is 11.2 Å². The number of amides is 1. The first kappa shape index (κ1) is 12.8. The molecule has 1 amide bonds. The Balaban J connectivity index is 2.58. The van der Waals surface area contributed by atoms with Crippen LogP contribution in [0.5, 0.6) is 0 Å². The first-order valence-electron chi connectivity index (χ1n) is 5.87. The van der Waals surface area contributed by atoms with Gasteiger partial charge in [-0.05, 0) is 30.9 Å². The molecule has 0 aliphatic carbocycles. The van der Waals surface area contributed by atoms with Gasteiger partial charge in [-0.1, -0.05) is 38.1 Å². The summed E-state index contributed by atoms with van der Waals surface area (Å²) < 4.78 is 0. The van der Waals surface area contributed by atoms with E-state index in [-0.39, 0.29) is 11.9 Å². The molecule has 0 atom stereocenters. The second-order valence-electron chi connectivity index (χ2n) is 4.80. The standard InChI is InChI=1S/C14H21NO/c1-10(2)13-7-5-12(6-8-13)9-14(16)15-11(3)4/h5-8,10-11H,9H2,1-4H3,(H,15,16). The summed E-state index contributed by atoms with van der Waals surface area (Å²) in [5.41, 5.74) is 2.38. The molecule has 0 radical (unpaired) electrons. The van der Waals surface area contributed by atoms with Gasteiger partial charge in [-0.3, -0.25) is 4.79 Å². The van der Waals surface area contributed by atoms with Gasteiger partial charge in [0.15, 0.2) is 0 Å². The van der Waals surface area contributed by atoms with Gasteiger partial charge in [-0.15, -0.1) is 0 Å². The smallest absolute Gasteiger partial charge is 0.224 e. The fourth-order valence-corrected chi connectivity index (χ4v) is 1.58. The third-order valence-electron chi connectivity index (χ3n) is 2.46. The van der Waals surface area contributed by atoms with Crippen LogP contribution in [0.25, 0.3) is 0 Å². The van der Waals surface area contributed by atoms with E-state index in [2.05, 4.69) is 31.3 Å². The molecular formula is C14H21NO. The van der Waals surface area contributed by atoms with Crippen molar-refractivity contribution < 1.29 is 4.79 Å². The van der Waals surface area contributed by atoms with Crippen LogP contribution in [0.4, 0.5) is 0 Å². The quantitative estimate of drug-likeness (QED) is 0.829. The molecule has 16 heavy (non-hydrogen) atoms. The predicted octanol–water partition coefficient (Wildman–Crippen LogP) is 2.88. The lowest BCUT2D eigenvalue weighted by atomic mass is 10.0. The minimum atomic E-state index is 0.0901. The van der Waals surface area contributed by atoms with Gasteiger partial charge in [-0.25, -0.2) is 0 Å². The van der Waals surface area contributed by atoms with E-state index < -0.39 is 0 Å². The number of hydrogen-bond acceptors (Lipinski definition) is 1. The predicted molar refractivity (Wildman–Crippen MR) is 67.5 cm³/mol. The Morgan fingerprint density at radius 3 is 2.12 bits per heavy atom. The summed E-state index contributed by atoms with van der Waals surface area (Å²) >= 11 is 0. The molecule has 2 nitrogen and oxygen atoms in total. The van der Waals surface area contributed by atoms with Gasteiger partial charge < -0.3 is 5.32 Å². The van der Waals surface area contributed by atoms with Gasteiger partial charge in [0.25, 0.3) is 0 Å². The van der Waals surface area contributed by atoms with Crippen LogP contribution < -0.4 is 5.32 Å². The molecule has 0 unspecified atom stereocenters. The molecule has 0 aliphatic heterocycles. The first-order chi connectivity index (χ1) is 7.49.